The van der Waals surface area contributed by atoms with Crippen molar-refractivity contribution in [2.24, 2.45) is 0 Å². The number of nitrogens with zero attached hydrogens (tertiary/aromatic N) is 6. The summed E-state index contributed by atoms with van der Waals surface area (Å²) >= 11 is 0. The molecule has 1 saturated heterocycles. The van der Waals surface area contributed by atoms with Crippen molar-refractivity contribution >= 4 is 33.4 Å². The molecule has 2 aromatic heterocycles. The lowest BCUT2D eigenvalue weighted by atomic mass is 10.1. The van der Waals surface area contributed by atoms with Crippen molar-refractivity contribution in [2.75, 3.05) is 31.1 Å². The van der Waals surface area contributed by atoms with Crippen LogP contribution in [-0.2, 0) is 10.0 Å². The molecule has 2 aliphatic rings. The Morgan fingerprint density at radius 2 is 1.73 bits per heavy atom. The Bertz CT molecular complexity index is 1310. The molecule has 1 N–H and O–H groups in total. The van der Waals surface area contributed by atoms with Gasteiger partial charge in [-0.05, 0) is 25.1 Å². The maximum atomic E-state index is 13.1. The van der Waals surface area contributed by atoms with Gasteiger partial charge in [0.15, 0.2) is 0 Å². The van der Waals surface area contributed by atoms with E-state index in [1.807, 2.05) is 17.9 Å². The van der Waals surface area contributed by atoms with Crippen molar-refractivity contribution in [1.82, 2.24) is 29.2 Å². The normalized spacial score (nSPS) is 17.4. The highest BCUT2D eigenvalue weighted by Gasteiger charge is 2.33. The molecule has 30 heavy (non-hydrogen) atoms. The second kappa shape index (κ2) is 6.57. The number of benzene rings is 1. The van der Waals surface area contributed by atoms with Gasteiger partial charge in [-0.3, -0.25) is 14.9 Å². The average Bonchev–Trinajstić information content (AvgIpc) is 3.31. The summed E-state index contributed by atoms with van der Waals surface area (Å²) in [5.41, 5.74) is 1.07. The number of carbonyl (C=O) groups excluding carboxylic acids is 2. The third-order valence-corrected chi connectivity index (χ3v) is 7.16. The Hall–Kier alpha value is -3.38. The van der Waals surface area contributed by atoms with E-state index in [0.717, 1.165) is 11.5 Å². The molecule has 0 saturated carbocycles. The molecule has 0 atom stereocenters. The second-order valence-electron chi connectivity index (χ2n) is 7.11. The Kier molecular flexibility index (Phi) is 4.08. The minimum atomic E-state index is -3.80. The lowest BCUT2D eigenvalue weighted by molar-refractivity contribution is 0.0879. The smallest absolute Gasteiger partial charge is 0.258 e. The molecule has 0 spiro atoms. The fourth-order valence-electron chi connectivity index (χ4n) is 3.75. The van der Waals surface area contributed by atoms with Gasteiger partial charge in [0.1, 0.15) is 12.1 Å². The monoisotopic (exact) mass is 427 g/mol. The van der Waals surface area contributed by atoms with Crippen LogP contribution in [0, 0.1) is 6.92 Å². The van der Waals surface area contributed by atoms with Crippen molar-refractivity contribution in [2.45, 2.75) is 11.8 Å². The Balaban J connectivity index is 1.39. The van der Waals surface area contributed by atoms with E-state index in [1.54, 1.807) is 4.52 Å². The first-order valence-corrected chi connectivity index (χ1v) is 10.7. The van der Waals surface area contributed by atoms with Crippen LogP contribution in [0.25, 0.3) is 5.78 Å². The number of carbonyl (C=O) groups is 2. The quantitative estimate of drug-likeness (QED) is 0.570. The van der Waals surface area contributed by atoms with Crippen molar-refractivity contribution in [3.8, 4) is 0 Å². The van der Waals surface area contributed by atoms with Crippen molar-refractivity contribution in [1.29, 1.82) is 0 Å². The predicted octanol–water partition coefficient (Wildman–Crippen LogP) is -0.173. The molecular weight excluding hydrogens is 410 g/mol. The van der Waals surface area contributed by atoms with Crippen LogP contribution in [0.2, 0.25) is 0 Å². The van der Waals surface area contributed by atoms with Crippen LogP contribution in [0.4, 0.5) is 5.82 Å². The molecule has 0 radical (unpaired) electrons. The third kappa shape index (κ3) is 2.83. The highest BCUT2D eigenvalue weighted by molar-refractivity contribution is 7.89. The van der Waals surface area contributed by atoms with E-state index in [2.05, 4.69) is 20.4 Å². The van der Waals surface area contributed by atoms with Crippen LogP contribution >= 0.6 is 0 Å². The van der Waals surface area contributed by atoms with Gasteiger partial charge in [0.05, 0.1) is 16.0 Å². The molecule has 5 rings (SSSR count). The number of imide groups is 1. The first-order valence-electron chi connectivity index (χ1n) is 9.27. The molecule has 0 unspecified atom stereocenters. The van der Waals surface area contributed by atoms with E-state index in [0.29, 0.717) is 18.9 Å². The second-order valence-corrected chi connectivity index (χ2v) is 9.05. The van der Waals surface area contributed by atoms with Crippen LogP contribution in [0.1, 0.15) is 26.4 Å². The predicted molar refractivity (Wildman–Crippen MR) is 105 cm³/mol. The molecule has 1 aromatic carbocycles. The van der Waals surface area contributed by atoms with E-state index in [-0.39, 0.29) is 29.1 Å². The SMILES string of the molecule is Cc1cc(N2CCN(S(=O)(=O)c3ccc4c(c3)C(=O)NC4=O)CC2)n2ncnc2n1. The number of amides is 2. The van der Waals surface area contributed by atoms with Gasteiger partial charge in [-0.1, -0.05) is 0 Å². The van der Waals surface area contributed by atoms with Gasteiger partial charge >= 0.3 is 0 Å². The number of nitrogens with one attached hydrogen (secondary N) is 1. The van der Waals surface area contributed by atoms with Gasteiger partial charge < -0.3 is 4.90 Å². The molecule has 4 heterocycles. The number of piperazine rings is 1. The Morgan fingerprint density at radius 1 is 1.00 bits per heavy atom. The summed E-state index contributed by atoms with van der Waals surface area (Å²) in [5.74, 6) is 0.201. The molecule has 3 aromatic rings. The number of fused-ring (bicyclic) bond motifs is 2. The van der Waals surface area contributed by atoms with E-state index in [4.69, 9.17) is 0 Å². The summed E-state index contributed by atoms with van der Waals surface area (Å²) in [6.07, 6.45) is 1.43. The number of anilines is 1. The molecule has 12 heteroatoms. The highest BCUT2D eigenvalue weighted by atomic mass is 32.2. The number of aryl methyl sites for hydroxylation is 1. The average molecular weight is 427 g/mol. The van der Waals surface area contributed by atoms with Gasteiger partial charge in [0, 0.05) is 37.9 Å². The maximum absolute atomic E-state index is 13.1. The molecule has 0 aliphatic carbocycles. The molecule has 11 nitrogen and oxygen atoms in total. The van der Waals surface area contributed by atoms with Gasteiger partial charge in [-0.15, -0.1) is 0 Å². The largest absolute Gasteiger partial charge is 0.354 e. The zero-order chi connectivity index (χ0) is 21.0. The maximum Gasteiger partial charge on any atom is 0.258 e. The zero-order valence-electron chi connectivity index (χ0n) is 15.9. The van der Waals surface area contributed by atoms with Crippen molar-refractivity contribution in [3.63, 3.8) is 0 Å². The van der Waals surface area contributed by atoms with E-state index < -0.39 is 21.8 Å². The number of hydrogen-bond donors (Lipinski definition) is 1. The van der Waals surface area contributed by atoms with Crippen LogP contribution in [-0.4, -0.2) is 70.3 Å². The third-order valence-electron chi connectivity index (χ3n) is 5.27. The van der Waals surface area contributed by atoms with Crippen LogP contribution in [0.3, 0.4) is 0 Å². The summed E-state index contributed by atoms with van der Waals surface area (Å²) in [6, 6.07) is 5.90. The van der Waals surface area contributed by atoms with Crippen LogP contribution in [0.15, 0.2) is 35.5 Å². The highest BCUT2D eigenvalue weighted by Crippen LogP contribution is 2.25. The molecule has 154 valence electrons. The van der Waals surface area contributed by atoms with E-state index in [1.165, 1.54) is 28.8 Å². The minimum absolute atomic E-state index is 0.00188. The number of sulfonamides is 1. The van der Waals surface area contributed by atoms with Gasteiger partial charge in [-0.25, -0.2) is 13.4 Å². The summed E-state index contributed by atoms with van der Waals surface area (Å²) < 4.78 is 29.2. The van der Waals surface area contributed by atoms with E-state index >= 15 is 0 Å². The fourth-order valence-corrected chi connectivity index (χ4v) is 5.20. The van der Waals surface area contributed by atoms with Crippen LogP contribution in [0.5, 0.6) is 0 Å². The standard InChI is InChI=1S/C18H17N7O4S/c1-11-8-15(25-18(21-11)19-10-20-25)23-4-6-24(7-5-23)30(28,29)12-2-3-13-14(9-12)17(27)22-16(13)26/h2-3,8-10H,4-7H2,1H3,(H,22,26,27). The summed E-state index contributed by atoms with van der Waals surface area (Å²) in [4.78, 5) is 34.1. The van der Waals surface area contributed by atoms with Crippen LogP contribution < -0.4 is 10.2 Å². The van der Waals surface area contributed by atoms with Crippen molar-refractivity contribution < 1.29 is 18.0 Å². The molecule has 2 amide bonds. The number of hydrogen-bond acceptors (Lipinski definition) is 8. The number of rotatable bonds is 3. The van der Waals surface area contributed by atoms with Crippen molar-refractivity contribution in [3.05, 3.63) is 47.4 Å². The lowest BCUT2D eigenvalue weighted by Gasteiger charge is -2.35. The molecule has 2 aliphatic heterocycles. The fraction of sp³-hybridized carbons (Fsp3) is 0.278. The Labute approximate surface area is 171 Å². The van der Waals surface area contributed by atoms with Gasteiger partial charge in [0.25, 0.3) is 17.6 Å². The summed E-state index contributed by atoms with van der Waals surface area (Å²) in [5, 5.41) is 6.37. The van der Waals surface area contributed by atoms with E-state index in [9.17, 15) is 18.0 Å². The molecule has 0 bridgehead atoms. The first-order chi connectivity index (χ1) is 14.3. The first kappa shape index (κ1) is 18.6. The van der Waals surface area contributed by atoms with Gasteiger partial charge in [-0.2, -0.15) is 18.9 Å². The number of aromatic nitrogens is 4. The Morgan fingerprint density at radius 3 is 2.50 bits per heavy atom. The topological polar surface area (TPSA) is 130 Å². The molecular formula is C18H17N7O4S. The lowest BCUT2D eigenvalue weighted by Crippen LogP contribution is -2.49. The summed E-state index contributed by atoms with van der Waals surface area (Å²) in [7, 11) is -3.80. The molecule has 1 fully saturated rings. The van der Waals surface area contributed by atoms with Gasteiger partial charge in [0.2, 0.25) is 10.0 Å². The zero-order valence-corrected chi connectivity index (χ0v) is 16.8. The minimum Gasteiger partial charge on any atom is -0.354 e. The summed E-state index contributed by atoms with van der Waals surface area (Å²) in [6.45, 7) is 3.32.